The minimum absolute atomic E-state index is 0.0581. The van der Waals surface area contributed by atoms with Crippen molar-refractivity contribution in [1.29, 1.82) is 0 Å². The molecule has 0 aromatic carbocycles. The Morgan fingerprint density at radius 2 is 2.00 bits per heavy atom. The van der Waals surface area contributed by atoms with Crippen molar-refractivity contribution < 1.29 is 9.53 Å². The summed E-state index contributed by atoms with van der Waals surface area (Å²) in [4.78, 5) is 11.7. The number of hydrogen-bond donors (Lipinski definition) is 2. The predicted molar refractivity (Wildman–Crippen MR) is 70.8 cm³/mol. The van der Waals surface area contributed by atoms with Crippen molar-refractivity contribution in [3.05, 3.63) is 0 Å². The molecule has 0 saturated heterocycles. The maximum absolute atomic E-state index is 11.7. The number of carbonyl (C=O) groups is 1. The molecule has 0 aromatic rings. The highest BCUT2D eigenvalue weighted by Gasteiger charge is 2.24. The van der Waals surface area contributed by atoms with E-state index in [1.165, 1.54) is 0 Å². The summed E-state index contributed by atoms with van der Waals surface area (Å²) in [5.41, 5.74) is 5.85. The van der Waals surface area contributed by atoms with Gasteiger partial charge in [-0.05, 0) is 38.1 Å². The highest BCUT2D eigenvalue weighted by molar-refractivity contribution is 5.75. The normalized spacial score (nSPS) is 13.5. The third-order valence-corrected chi connectivity index (χ3v) is 3.77. The lowest BCUT2D eigenvalue weighted by Gasteiger charge is -2.30. The highest BCUT2D eigenvalue weighted by atomic mass is 16.5. The van der Waals surface area contributed by atoms with Gasteiger partial charge in [-0.3, -0.25) is 4.79 Å². The van der Waals surface area contributed by atoms with Gasteiger partial charge in [0, 0.05) is 20.1 Å². The molecule has 0 heterocycles. The third kappa shape index (κ3) is 6.03. The van der Waals surface area contributed by atoms with E-state index in [9.17, 15) is 4.79 Å². The Kier molecular flexibility index (Phi) is 8.17. The van der Waals surface area contributed by atoms with E-state index in [1.807, 2.05) is 6.92 Å². The molecular weight excluding hydrogens is 216 g/mol. The molecule has 0 bridgehead atoms. The van der Waals surface area contributed by atoms with Crippen LogP contribution in [0.15, 0.2) is 0 Å². The summed E-state index contributed by atoms with van der Waals surface area (Å²) in [6, 6.07) is 0. The maximum atomic E-state index is 11.7. The number of rotatable bonds is 9. The topological polar surface area (TPSA) is 64.3 Å². The van der Waals surface area contributed by atoms with Crippen molar-refractivity contribution in [2.75, 3.05) is 20.2 Å². The molecule has 1 amide bonds. The number of methoxy groups -OCH3 is 1. The average molecular weight is 244 g/mol. The number of nitrogens with two attached hydrogens (primary N) is 1. The summed E-state index contributed by atoms with van der Waals surface area (Å²) in [5, 5.41) is 2.98. The van der Waals surface area contributed by atoms with E-state index in [1.54, 1.807) is 7.11 Å². The first-order chi connectivity index (χ1) is 8.03. The fourth-order valence-electron chi connectivity index (χ4n) is 1.69. The lowest BCUT2D eigenvalue weighted by atomic mass is 9.82. The summed E-state index contributed by atoms with van der Waals surface area (Å²) in [7, 11) is 1.66. The number of hydrogen-bond acceptors (Lipinski definition) is 3. The summed E-state index contributed by atoms with van der Waals surface area (Å²) in [6.07, 6.45) is 3.40. The Morgan fingerprint density at radius 1 is 1.41 bits per heavy atom. The second-order valence-corrected chi connectivity index (χ2v) is 4.77. The van der Waals surface area contributed by atoms with Crippen LogP contribution in [0.3, 0.4) is 0 Å². The number of nitrogens with one attached hydrogen (secondary N) is 1. The average Bonchev–Trinajstić information content (AvgIpc) is 2.38. The zero-order valence-corrected chi connectivity index (χ0v) is 11.7. The lowest BCUT2D eigenvalue weighted by Crippen LogP contribution is -2.41. The number of amides is 1. The Balaban J connectivity index is 3.97. The molecular formula is C13H28N2O2. The minimum atomic E-state index is 0.0581. The first-order valence-electron chi connectivity index (χ1n) is 6.53. The van der Waals surface area contributed by atoms with Crippen molar-refractivity contribution >= 4 is 5.91 Å². The van der Waals surface area contributed by atoms with Crippen LogP contribution in [0.2, 0.25) is 0 Å². The highest BCUT2D eigenvalue weighted by Crippen LogP contribution is 2.23. The van der Waals surface area contributed by atoms with E-state index in [0.717, 1.165) is 19.3 Å². The maximum Gasteiger partial charge on any atom is 0.220 e. The van der Waals surface area contributed by atoms with Crippen LogP contribution >= 0.6 is 0 Å². The SMILES string of the molecule is CCC(CC)(CN)CNC(=O)CCC(C)OC. The van der Waals surface area contributed by atoms with Gasteiger partial charge < -0.3 is 15.8 Å². The van der Waals surface area contributed by atoms with E-state index in [2.05, 4.69) is 19.2 Å². The predicted octanol–water partition coefficient (Wildman–Crippen LogP) is 1.68. The summed E-state index contributed by atoms with van der Waals surface area (Å²) < 4.78 is 5.11. The Labute approximate surface area is 105 Å². The first-order valence-corrected chi connectivity index (χ1v) is 6.53. The van der Waals surface area contributed by atoms with E-state index in [4.69, 9.17) is 10.5 Å². The molecule has 0 aromatic heterocycles. The molecule has 0 aliphatic carbocycles. The molecule has 0 saturated carbocycles. The van der Waals surface area contributed by atoms with Gasteiger partial charge >= 0.3 is 0 Å². The lowest BCUT2D eigenvalue weighted by molar-refractivity contribution is -0.122. The molecule has 0 radical (unpaired) electrons. The second kappa shape index (κ2) is 8.48. The van der Waals surface area contributed by atoms with Crippen LogP contribution < -0.4 is 11.1 Å². The van der Waals surface area contributed by atoms with Crippen molar-refractivity contribution in [3.63, 3.8) is 0 Å². The zero-order valence-electron chi connectivity index (χ0n) is 11.7. The monoisotopic (exact) mass is 244 g/mol. The third-order valence-electron chi connectivity index (χ3n) is 3.77. The Hall–Kier alpha value is -0.610. The Bertz CT molecular complexity index is 207. The molecule has 0 aliphatic heterocycles. The van der Waals surface area contributed by atoms with Crippen LogP contribution in [0.4, 0.5) is 0 Å². The van der Waals surface area contributed by atoms with Gasteiger partial charge in [-0.1, -0.05) is 13.8 Å². The van der Waals surface area contributed by atoms with E-state index < -0.39 is 0 Å². The molecule has 1 unspecified atom stereocenters. The van der Waals surface area contributed by atoms with E-state index in [0.29, 0.717) is 19.5 Å². The fourth-order valence-corrected chi connectivity index (χ4v) is 1.69. The van der Waals surface area contributed by atoms with Crippen LogP contribution in [-0.4, -0.2) is 32.2 Å². The van der Waals surface area contributed by atoms with Crippen LogP contribution in [-0.2, 0) is 9.53 Å². The smallest absolute Gasteiger partial charge is 0.220 e. The molecule has 3 N–H and O–H groups in total. The van der Waals surface area contributed by atoms with Crippen molar-refractivity contribution in [2.24, 2.45) is 11.1 Å². The van der Waals surface area contributed by atoms with Gasteiger partial charge in [-0.25, -0.2) is 0 Å². The van der Waals surface area contributed by atoms with Crippen molar-refractivity contribution in [3.8, 4) is 0 Å². The van der Waals surface area contributed by atoms with Crippen LogP contribution in [0.25, 0.3) is 0 Å². The molecule has 0 aliphatic rings. The first kappa shape index (κ1) is 16.4. The number of carbonyl (C=O) groups excluding carboxylic acids is 1. The molecule has 102 valence electrons. The van der Waals surface area contributed by atoms with Gasteiger partial charge in [0.25, 0.3) is 0 Å². The molecule has 4 nitrogen and oxygen atoms in total. The van der Waals surface area contributed by atoms with E-state index >= 15 is 0 Å². The fraction of sp³-hybridized carbons (Fsp3) is 0.923. The molecule has 4 heteroatoms. The zero-order chi connectivity index (χ0) is 13.3. The van der Waals surface area contributed by atoms with Gasteiger partial charge in [-0.15, -0.1) is 0 Å². The number of ether oxygens (including phenoxy) is 1. The molecule has 0 spiro atoms. The minimum Gasteiger partial charge on any atom is -0.382 e. The second-order valence-electron chi connectivity index (χ2n) is 4.77. The van der Waals surface area contributed by atoms with Gasteiger partial charge in [0.05, 0.1) is 6.10 Å². The van der Waals surface area contributed by atoms with E-state index in [-0.39, 0.29) is 17.4 Å². The quantitative estimate of drug-likeness (QED) is 0.648. The van der Waals surface area contributed by atoms with Crippen molar-refractivity contribution in [1.82, 2.24) is 5.32 Å². The van der Waals surface area contributed by atoms with Crippen molar-refractivity contribution in [2.45, 2.75) is 52.6 Å². The van der Waals surface area contributed by atoms with Crippen LogP contribution in [0, 0.1) is 5.41 Å². The van der Waals surface area contributed by atoms with Gasteiger partial charge in [-0.2, -0.15) is 0 Å². The summed E-state index contributed by atoms with van der Waals surface area (Å²) in [6.45, 7) is 7.51. The molecule has 1 atom stereocenters. The largest absolute Gasteiger partial charge is 0.382 e. The van der Waals surface area contributed by atoms with Crippen LogP contribution in [0.5, 0.6) is 0 Å². The standard InChI is InChI=1S/C13H28N2O2/c1-5-13(6-2,9-14)10-15-12(16)8-7-11(3)17-4/h11H,5-10,14H2,1-4H3,(H,15,16). The van der Waals surface area contributed by atoms with Gasteiger partial charge in [0.15, 0.2) is 0 Å². The van der Waals surface area contributed by atoms with Crippen LogP contribution in [0.1, 0.15) is 46.5 Å². The Morgan fingerprint density at radius 3 is 2.41 bits per heavy atom. The molecule has 0 rings (SSSR count). The molecule has 0 fully saturated rings. The summed E-state index contributed by atoms with van der Waals surface area (Å²) >= 11 is 0. The van der Waals surface area contributed by atoms with Gasteiger partial charge in [0.1, 0.15) is 0 Å². The van der Waals surface area contributed by atoms with Gasteiger partial charge in [0.2, 0.25) is 5.91 Å². The molecule has 17 heavy (non-hydrogen) atoms. The summed E-state index contributed by atoms with van der Waals surface area (Å²) in [5.74, 6) is 0.0913.